The third-order valence-corrected chi connectivity index (χ3v) is 3.90. The first-order chi connectivity index (χ1) is 7.33. The van der Waals surface area contributed by atoms with E-state index in [0.29, 0.717) is 0 Å². The van der Waals surface area contributed by atoms with Crippen LogP contribution in [0.4, 0.5) is 4.79 Å². The third kappa shape index (κ3) is 1.90. The average molecular weight is 226 g/mol. The number of alkyl carbamates (subject to hydrolysis) is 1. The lowest BCUT2D eigenvalue weighted by molar-refractivity contribution is -0.0462. The van der Waals surface area contributed by atoms with E-state index in [4.69, 9.17) is 10.5 Å². The van der Waals surface area contributed by atoms with Gasteiger partial charge in [-0.2, -0.15) is 0 Å². The summed E-state index contributed by atoms with van der Waals surface area (Å²) in [5.74, 6) is 0. The summed E-state index contributed by atoms with van der Waals surface area (Å²) in [6.45, 7) is 5.62. The molecular formula is C12H22N2O2. The number of nitrogens with two attached hydrogens (primary N) is 1. The van der Waals surface area contributed by atoms with Gasteiger partial charge >= 0.3 is 6.09 Å². The number of hydrogen-bond donors (Lipinski definition) is 2. The van der Waals surface area contributed by atoms with Crippen molar-refractivity contribution in [2.75, 3.05) is 0 Å². The van der Waals surface area contributed by atoms with Gasteiger partial charge in [-0.3, -0.25) is 0 Å². The highest BCUT2D eigenvalue weighted by Gasteiger charge is 2.57. The molecule has 2 fully saturated rings. The van der Waals surface area contributed by atoms with E-state index in [-0.39, 0.29) is 23.6 Å². The Hall–Kier alpha value is -0.770. The maximum absolute atomic E-state index is 11.6. The van der Waals surface area contributed by atoms with Crippen molar-refractivity contribution < 1.29 is 9.53 Å². The minimum atomic E-state index is -0.428. The summed E-state index contributed by atoms with van der Waals surface area (Å²) in [4.78, 5) is 11.6. The Bertz CT molecular complexity index is 292. The summed E-state index contributed by atoms with van der Waals surface area (Å²) >= 11 is 0. The largest absolute Gasteiger partial charge is 0.444 e. The van der Waals surface area contributed by atoms with Gasteiger partial charge in [0.25, 0.3) is 0 Å². The molecule has 0 bridgehead atoms. The van der Waals surface area contributed by atoms with Crippen molar-refractivity contribution in [2.45, 2.75) is 64.1 Å². The van der Waals surface area contributed by atoms with Gasteiger partial charge in [-0.1, -0.05) is 6.42 Å². The number of hydrogen-bond acceptors (Lipinski definition) is 3. The van der Waals surface area contributed by atoms with Crippen LogP contribution >= 0.6 is 0 Å². The second kappa shape index (κ2) is 3.62. The lowest BCUT2D eigenvalue weighted by atomic mass is 9.50. The number of nitrogens with one attached hydrogen (secondary N) is 1. The van der Waals surface area contributed by atoms with Crippen LogP contribution in [0.3, 0.4) is 0 Å². The molecule has 4 nitrogen and oxygen atoms in total. The minimum absolute atomic E-state index is 0.191. The average Bonchev–Trinajstić information content (AvgIpc) is 1.95. The number of amides is 1. The van der Waals surface area contributed by atoms with Crippen LogP contribution in [0, 0.1) is 5.41 Å². The Morgan fingerprint density at radius 2 is 2.06 bits per heavy atom. The van der Waals surface area contributed by atoms with Crippen molar-refractivity contribution in [1.29, 1.82) is 0 Å². The Balaban J connectivity index is 1.85. The molecule has 2 aliphatic carbocycles. The van der Waals surface area contributed by atoms with Crippen LogP contribution in [0.25, 0.3) is 0 Å². The summed E-state index contributed by atoms with van der Waals surface area (Å²) in [7, 11) is 0. The van der Waals surface area contributed by atoms with Crippen molar-refractivity contribution in [2.24, 2.45) is 11.1 Å². The molecule has 0 aromatic carbocycles. The fourth-order valence-corrected chi connectivity index (χ4v) is 2.78. The maximum Gasteiger partial charge on any atom is 0.407 e. The molecule has 2 aliphatic rings. The van der Waals surface area contributed by atoms with Crippen LogP contribution in [0.1, 0.15) is 46.5 Å². The predicted molar refractivity (Wildman–Crippen MR) is 62.0 cm³/mol. The molecule has 2 rings (SSSR count). The highest BCUT2D eigenvalue weighted by atomic mass is 16.6. The van der Waals surface area contributed by atoms with Gasteiger partial charge in [0.05, 0.1) is 0 Å². The fraction of sp³-hybridized carbons (Fsp3) is 0.917. The van der Waals surface area contributed by atoms with E-state index >= 15 is 0 Å². The molecule has 0 heterocycles. The van der Waals surface area contributed by atoms with Crippen molar-refractivity contribution in [3.05, 3.63) is 0 Å². The normalized spacial score (nSPS) is 31.5. The summed E-state index contributed by atoms with van der Waals surface area (Å²) in [6, 6.07) is 0.493. The van der Waals surface area contributed by atoms with Crippen LogP contribution in [0.15, 0.2) is 0 Å². The Morgan fingerprint density at radius 1 is 1.44 bits per heavy atom. The topological polar surface area (TPSA) is 64.3 Å². The molecule has 2 saturated carbocycles. The number of rotatable bonds is 1. The summed E-state index contributed by atoms with van der Waals surface area (Å²) < 4.78 is 5.25. The van der Waals surface area contributed by atoms with Crippen molar-refractivity contribution in [1.82, 2.24) is 5.32 Å². The second-order valence-electron chi connectivity index (χ2n) is 6.13. The van der Waals surface area contributed by atoms with Crippen molar-refractivity contribution in [3.8, 4) is 0 Å². The summed E-state index contributed by atoms with van der Waals surface area (Å²) in [5.41, 5.74) is 5.78. The predicted octanol–water partition coefficient (Wildman–Crippen LogP) is 1.78. The van der Waals surface area contributed by atoms with Crippen molar-refractivity contribution in [3.63, 3.8) is 0 Å². The summed E-state index contributed by atoms with van der Waals surface area (Å²) in [6.07, 6.45) is 4.11. The first-order valence-electron chi connectivity index (χ1n) is 6.09. The SMILES string of the molecule is CC(C)(C)OC(=O)N[C@@H]1C[C@H](N)C12CCC2. The molecule has 16 heavy (non-hydrogen) atoms. The lowest BCUT2D eigenvalue weighted by Gasteiger charge is -2.60. The van der Waals surface area contributed by atoms with E-state index in [1.807, 2.05) is 20.8 Å². The number of carbonyl (C=O) groups excluding carboxylic acids is 1. The molecule has 1 spiro atoms. The van der Waals surface area contributed by atoms with Gasteiger partial charge in [-0.25, -0.2) is 4.79 Å². The van der Waals surface area contributed by atoms with E-state index in [0.717, 1.165) is 19.3 Å². The molecule has 2 atom stereocenters. The smallest absolute Gasteiger partial charge is 0.407 e. The zero-order chi connectivity index (χ0) is 12.0. The lowest BCUT2D eigenvalue weighted by Crippen LogP contribution is -2.70. The van der Waals surface area contributed by atoms with Gasteiger partial charge in [-0.05, 0) is 40.0 Å². The number of carbonyl (C=O) groups is 1. The van der Waals surface area contributed by atoms with Crippen LogP contribution in [-0.2, 0) is 4.74 Å². The Kier molecular flexibility index (Phi) is 2.65. The standard InChI is InChI=1S/C12H22N2O2/c1-11(2,3)16-10(15)14-9-7-8(13)12(9)5-4-6-12/h8-9H,4-7,13H2,1-3H3,(H,14,15)/t8-,9+/m0/s1. The van der Waals surface area contributed by atoms with Gasteiger partial charge in [0.2, 0.25) is 0 Å². The fourth-order valence-electron chi connectivity index (χ4n) is 2.78. The van der Waals surface area contributed by atoms with E-state index in [1.165, 1.54) is 6.42 Å². The molecule has 92 valence electrons. The minimum Gasteiger partial charge on any atom is -0.444 e. The molecule has 0 saturated heterocycles. The Morgan fingerprint density at radius 3 is 2.44 bits per heavy atom. The molecular weight excluding hydrogens is 204 g/mol. The number of ether oxygens (including phenoxy) is 1. The molecule has 0 aromatic heterocycles. The third-order valence-electron chi connectivity index (χ3n) is 3.90. The molecule has 3 N–H and O–H groups in total. The van der Waals surface area contributed by atoms with Gasteiger partial charge < -0.3 is 15.8 Å². The van der Waals surface area contributed by atoms with E-state index in [2.05, 4.69) is 5.32 Å². The quantitative estimate of drug-likeness (QED) is 0.716. The summed E-state index contributed by atoms with van der Waals surface area (Å²) in [5, 5.41) is 2.95. The van der Waals surface area contributed by atoms with E-state index in [9.17, 15) is 4.79 Å². The van der Waals surface area contributed by atoms with E-state index < -0.39 is 5.60 Å². The van der Waals surface area contributed by atoms with E-state index in [1.54, 1.807) is 0 Å². The zero-order valence-electron chi connectivity index (χ0n) is 10.4. The first-order valence-corrected chi connectivity index (χ1v) is 6.09. The first kappa shape index (κ1) is 11.7. The molecule has 1 amide bonds. The maximum atomic E-state index is 11.6. The molecule has 4 heteroatoms. The monoisotopic (exact) mass is 226 g/mol. The Labute approximate surface area is 96.9 Å². The molecule has 0 radical (unpaired) electrons. The molecule has 0 aromatic rings. The van der Waals surface area contributed by atoms with Crippen LogP contribution in [0.5, 0.6) is 0 Å². The van der Waals surface area contributed by atoms with Gasteiger partial charge in [0, 0.05) is 17.5 Å². The highest BCUT2D eigenvalue weighted by molar-refractivity contribution is 5.68. The van der Waals surface area contributed by atoms with Crippen LogP contribution in [-0.4, -0.2) is 23.8 Å². The van der Waals surface area contributed by atoms with Gasteiger partial charge in [0.15, 0.2) is 0 Å². The molecule has 0 aliphatic heterocycles. The van der Waals surface area contributed by atoms with Gasteiger partial charge in [0.1, 0.15) is 5.60 Å². The second-order valence-corrected chi connectivity index (χ2v) is 6.13. The van der Waals surface area contributed by atoms with Gasteiger partial charge in [-0.15, -0.1) is 0 Å². The highest BCUT2D eigenvalue weighted by Crippen LogP contribution is 2.55. The van der Waals surface area contributed by atoms with Crippen LogP contribution in [0.2, 0.25) is 0 Å². The molecule has 0 unspecified atom stereocenters. The van der Waals surface area contributed by atoms with Crippen LogP contribution < -0.4 is 11.1 Å². The zero-order valence-corrected chi connectivity index (χ0v) is 10.4. The van der Waals surface area contributed by atoms with Crippen molar-refractivity contribution >= 4 is 6.09 Å².